The van der Waals surface area contributed by atoms with Crippen LogP contribution in [-0.2, 0) is 0 Å². The third kappa shape index (κ3) is 4.33. The zero-order valence-corrected chi connectivity index (χ0v) is 14.3. The highest BCUT2D eigenvalue weighted by Gasteiger charge is 2.08. The normalized spacial score (nSPS) is 10.2. The Bertz CT molecular complexity index is 918. The molecule has 0 aliphatic rings. The lowest BCUT2D eigenvalue weighted by Gasteiger charge is -2.09. The standard InChI is InChI=1S/C16H13ClN6O3/c1-26-13-8-4-11(5-9-13)19-16-21-14(17)20-15(22-16)18-10-2-6-12(7-3-10)23(24)25/h2-9H,1H3,(H2,18,19,20,21,22). The maximum Gasteiger partial charge on any atom is 0.269 e. The van der Waals surface area contributed by atoms with Crippen LogP contribution >= 0.6 is 11.6 Å². The van der Waals surface area contributed by atoms with Gasteiger partial charge in [-0.15, -0.1) is 0 Å². The number of hydrogen-bond acceptors (Lipinski definition) is 8. The number of rotatable bonds is 6. The molecule has 26 heavy (non-hydrogen) atoms. The van der Waals surface area contributed by atoms with Crippen LogP contribution in [0.15, 0.2) is 48.5 Å². The first kappa shape index (κ1) is 17.4. The van der Waals surface area contributed by atoms with E-state index in [2.05, 4.69) is 25.6 Å². The van der Waals surface area contributed by atoms with Crippen molar-refractivity contribution in [2.24, 2.45) is 0 Å². The van der Waals surface area contributed by atoms with Gasteiger partial charge in [-0.25, -0.2) is 0 Å². The van der Waals surface area contributed by atoms with Gasteiger partial charge in [0.1, 0.15) is 5.75 Å². The third-order valence-electron chi connectivity index (χ3n) is 3.29. The van der Waals surface area contributed by atoms with Crippen molar-refractivity contribution >= 4 is 40.6 Å². The highest BCUT2D eigenvalue weighted by Crippen LogP contribution is 2.22. The molecule has 1 aromatic heterocycles. The molecule has 132 valence electrons. The van der Waals surface area contributed by atoms with Gasteiger partial charge in [0, 0.05) is 23.5 Å². The minimum atomic E-state index is -0.472. The lowest BCUT2D eigenvalue weighted by molar-refractivity contribution is -0.384. The summed E-state index contributed by atoms with van der Waals surface area (Å²) >= 11 is 5.95. The second kappa shape index (κ2) is 7.62. The Hall–Kier alpha value is -3.46. The lowest BCUT2D eigenvalue weighted by Crippen LogP contribution is -2.04. The first-order chi connectivity index (χ1) is 12.5. The van der Waals surface area contributed by atoms with Crippen LogP contribution in [0.5, 0.6) is 5.75 Å². The number of nitrogens with zero attached hydrogens (tertiary/aromatic N) is 4. The molecule has 0 atom stereocenters. The Labute approximate surface area is 153 Å². The largest absolute Gasteiger partial charge is 0.497 e. The predicted molar refractivity (Wildman–Crippen MR) is 97.5 cm³/mol. The van der Waals surface area contributed by atoms with Crippen molar-refractivity contribution in [3.63, 3.8) is 0 Å². The number of nitro groups is 1. The van der Waals surface area contributed by atoms with Crippen LogP contribution in [0, 0.1) is 10.1 Å². The Balaban J connectivity index is 1.77. The summed E-state index contributed by atoms with van der Waals surface area (Å²) in [5.74, 6) is 1.18. The maximum atomic E-state index is 10.7. The first-order valence-corrected chi connectivity index (χ1v) is 7.75. The van der Waals surface area contributed by atoms with Crippen molar-refractivity contribution in [1.29, 1.82) is 0 Å². The van der Waals surface area contributed by atoms with Crippen molar-refractivity contribution in [2.45, 2.75) is 0 Å². The molecule has 0 amide bonds. The number of methoxy groups -OCH3 is 1. The summed E-state index contributed by atoms with van der Waals surface area (Å²) in [6.07, 6.45) is 0. The van der Waals surface area contributed by atoms with E-state index in [-0.39, 0.29) is 22.9 Å². The molecule has 0 unspecified atom stereocenters. The van der Waals surface area contributed by atoms with E-state index >= 15 is 0 Å². The fraction of sp³-hybridized carbons (Fsp3) is 0.0625. The van der Waals surface area contributed by atoms with Crippen molar-refractivity contribution in [3.8, 4) is 5.75 Å². The number of halogens is 1. The van der Waals surface area contributed by atoms with E-state index in [9.17, 15) is 10.1 Å². The molecule has 3 rings (SSSR count). The first-order valence-electron chi connectivity index (χ1n) is 7.37. The predicted octanol–water partition coefficient (Wildman–Crippen LogP) is 3.93. The molecular formula is C16H13ClN6O3. The van der Waals surface area contributed by atoms with Gasteiger partial charge in [0.15, 0.2) is 0 Å². The molecule has 9 nitrogen and oxygen atoms in total. The molecule has 2 aromatic carbocycles. The average molecular weight is 373 g/mol. The van der Waals surface area contributed by atoms with Crippen LogP contribution in [0.4, 0.5) is 29.0 Å². The van der Waals surface area contributed by atoms with E-state index in [0.717, 1.165) is 11.4 Å². The molecule has 0 aliphatic carbocycles. The number of nitro benzene ring substituents is 1. The van der Waals surface area contributed by atoms with Crippen LogP contribution in [0.2, 0.25) is 5.28 Å². The topological polar surface area (TPSA) is 115 Å². The van der Waals surface area contributed by atoms with E-state index in [4.69, 9.17) is 16.3 Å². The maximum absolute atomic E-state index is 10.7. The van der Waals surface area contributed by atoms with Crippen LogP contribution < -0.4 is 15.4 Å². The Morgan fingerprint density at radius 2 is 1.42 bits per heavy atom. The SMILES string of the molecule is COc1ccc(Nc2nc(Cl)nc(Nc3ccc([N+](=O)[O-])cc3)n2)cc1. The van der Waals surface area contributed by atoms with Crippen LogP contribution in [0.3, 0.4) is 0 Å². The molecule has 10 heteroatoms. The molecule has 0 spiro atoms. The van der Waals surface area contributed by atoms with E-state index in [0.29, 0.717) is 5.69 Å². The second-order valence-electron chi connectivity index (χ2n) is 5.03. The fourth-order valence-corrected chi connectivity index (χ4v) is 2.22. The molecule has 0 fully saturated rings. The molecule has 2 N–H and O–H groups in total. The molecule has 3 aromatic rings. The van der Waals surface area contributed by atoms with Gasteiger partial charge in [0.2, 0.25) is 17.2 Å². The number of ether oxygens (including phenoxy) is 1. The van der Waals surface area contributed by atoms with Crippen molar-refractivity contribution in [1.82, 2.24) is 15.0 Å². The molecular weight excluding hydrogens is 360 g/mol. The van der Waals surface area contributed by atoms with Gasteiger partial charge in [0.05, 0.1) is 12.0 Å². The second-order valence-corrected chi connectivity index (χ2v) is 5.37. The van der Waals surface area contributed by atoms with Gasteiger partial charge in [-0.3, -0.25) is 10.1 Å². The van der Waals surface area contributed by atoms with Crippen molar-refractivity contribution in [2.75, 3.05) is 17.7 Å². The van der Waals surface area contributed by atoms with Gasteiger partial charge >= 0.3 is 0 Å². The zero-order chi connectivity index (χ0) is 18.5. The monoisotopic (exact) mass is 372 g/mol. The Morgan fingerprint density at radius 3 is 1.88 bits per heavy atom. The number of nitrogens with one attached hydrogen (secondary N) is 2. The third-order valence-corrected chi connectivity index (χ3v) is 3.46. The number of benzene rings is 2. The Kier molecular flexibility index (Phi) is 5.09. The summed E-state index contributed by atoms with van der Waals surface area (Å²) < 4.78 is 5.10. The number of aromatic nitrogens is 3. The number of anilines is 4. The summed E-state index contributed by atoms with van der Waals surface area (Å²) in [7, 11) is 1.59. The summed E-state index contributed by atoms with van der Waals surface area (Å²) in [5, 5.41) is 16.6. The van der Waals surface area contributed by atoms with E-state index in [1.54, 1.807) is 43.5 Å². The quantitative estimate of drug-likeness (QED) is 0.494. The van der Waals surface area contributed by atoms with Crippen molar-refractivity contribution in [3.05, 3.63) is 63.9 Å². The fourth-order valence-electron chi connectivity index (χ4n) is 2.06. The van der Waals surface area contributed by atoms with E-state index < -0.39 is 4.92 Å². The van der Waals surface area contributed by atoms with Crippen LogP contribution in [-0.4, -0.2) is 27.0 Å². The molecule has 0 aliphatic heterocycles. The van der Waals surface area contributed by atoms with Gasteiger partial charge in [-0.2, -0.15) is 15.0 Å². The molecule has 0 bridgehead atoms. The molecule has 0 saturated carbocycles. The average Bonchev–Trinajstić information content (AvgIpc) is 2.62. The van der Waals surface area contributed by atoms with Crippen LogP contribution in [0.25, 0.3) is 0 Å². The number of hydrogen-bond donors (Lipinski definition) is 2. The van der Waals surface area contributed by atoms with Gasteiger partial charge < -0.3 is 15.4 Å². The summed E-state index contributed by atoms with van der Waals surface area (Å²) in [4.78, 5) is 22.5. The Morgan fingerprint density at radius 1 is 0.923 bits per heavy atom. The minimum Gasteiger partial charge on any atom is -0.497 e. The lowest BCUT2D eigenvalue weighted by atomic mass is 10.3. The van der Waals surface area contributed by atoms with Crippen molar-refractivity contribution < 1.29 is 9.66 Å². The smallest absolute Gasteiger partial charge is 0.269 e. The molecule has 0 saturated heterocycles. The highest BCUT2D eigenvalue weighted by molar-refractivity contribution is 6.28. The van der Waals surface area contributed by atoms with Gasteiger partial charge in [-0.1, -0.05) is 0 Å². The molecule has 1 heterocycles. The number of non-ortho nitro benzene ring substituents is 1. The zero-order valence-electron chi connectivity index (χ0n) is 13.5. The summed E-state index contributed by atoms with van der Waals surface area (Å²) in [6, 6.07) is 13.0. The molecule has 0 radical (unpaired) electrons. The highest BCUT2D eigenvalue weighted by atomic mass is 35.5. The van der Waals surface area contributed by atoms with E-state index in [1.165, 1.54) is 12.1 Å². The van der Waals surface area contributed by atoms with E-state index in [1.807, 2.05) is 0 Å². The minimum absolute atomic E-state index is 0.000392. The van der Waals surface area contributed by atoms with Crippen LogP contribution in [0.1, 0.15) is 0 Å². The van der Waals surface area contributed by atoms with Gasteiger partial charge in [-0.05, 0) is 48.0 Å². The summed E-state index contributed by atoms with van der Waals surface area (Å²) in [5.41, 5.74) is 1.31. The van der Waals surface area contributed by atoms with Gasteiger partial charge in [0.25, 0.3) is 5.69 Å². The summed E-state index contributed by atoms with van der Waals surface area (Å²) in [6.45, 7) is 0.